The maximum absolute atomic E-state index is 4.63. The van der Waals surface area contributed by atoms with Crippen LogP contribution in [0.15, 0.2) is 15.9 Å². The summed E-state index contributed by atoms with van der Waals surface area (Å²) in [6.45, 7) is 2.93. The average Bonchev–Trinajstić information content (AvgIpc) is 3.04. The molecule has 2 heterocycles. The minimum absolute atomic E-state index is 0.331. The molecule has 0 aliphatic heterocycles. The lowest BCUT2D eigenvalue weighted by Crippen LogP contribution is -2.19. The molecule has 1 saturated carbocycles. The maximum Gasteiger partial charge on any atom is 0.154 e. The lowest BCUT2D eigenvalue weighted by Gasteiger charge is -2.11. The zero-order valence-electron chi connectivity index (χ0n) is 11.1. The van der Waals surface area contributed by atoms with Crippen LogP contribution >= 0.6 is 27.3 Å². The van der Waals surface area contributed by atoms with Gasteiger partial charge in [0.1, 0.15) is 5.82 Å². The Kier molecular flexibility index (Phi) is 3.73. The van der Waals surface area contributed by atoms with E-state index in [2.05, 4.69) is 50.4 Å². The van der Waals surface area contributed by atoms with Crippen LogP contribution in [0.5, 0.6) is 0 Å². The van der Waals surface area contributed by atoms with E-state index >= 15 is 0 Å². The topological polar surface area (TPSA) is 42.7 Å². The lowest BCUT2D eigenvalue weighted by atomic mass is 10.3. The molecule has 3 rings (SSSR count). The van der Waals surface area contributed by atoms with E-state index in [4.69, 9.17) is 0 Å². The van der Waals surface area contributed by atoms with Gasteiger partial charge in [-0.25, -0.2) is 4.98 Å². The number of hydrogen-bond acceptors (Lipinski definition) is 4. The molecule has 0 radical (unpaired) electrons. The number of nitrogens with one attached hydrogen (secondary N) is 1. The van der Waals surface area contributed by atoms with Crippen molar-refractivity contribution < 1.29 is 0 Å². The smallest absolute Gasteiger partial charge is 0.154 e. The zero-order chi connectivity index (χ0) is 13.4. The Balaban J connectivity index is 1.62. The molecule has 102 valence electrons. The van der Waals surface area contributed by atoms with Gasteiger partial charge in [0.15, 0.2) is 5.82 Å². The molecule has 1 aliphatic carbocycles. The first-order valence-corrected chi connectivity index (χ1v) is 8.13. The molecule has 0 amide bonds. The molecule has 1 atom stereocenters. The molecule has 1 fully saturated rings. The van der Waals surface area contributed by atoms with E-state index in [1.807, 2.05) is 11.7 Å². The largest absolute Gasteiger partial charge is 0.302 e. The van der Waals surface area contributed by atoms with Crippen molar-refractivity contribution in [2.75, 3.05) is 0 Å². The highest BCUT2D eigenvalue weighted by Crippen LogP contribution is 2.38. The number of halogens is 1. The van der Waals surface area contributed by atoms with Gasteiger partial charge in [-0.2, -0.15) is 5.10 Å². The SMILES string of the molecule is C[C@@H](NCc1nc(C2CC2)nn1C)c1ccc(Br)s1. The third kappa shape index (κ3) is 3.07. The minimum atomic E-state index is 0.331. The van der Waals surface area contributed by atoms with E-state index in [0.717, 1.165) is 18.2 Å². The molecular formula is C13H17BrN4S. The first-order valence-electron chi connectivity index (χ1n) is 6.52. The van der Waals surface area contributed by atoms with Gasteiger partial charge in [-0.1, -0.05) is 0 Å². The highest BCUT2D eigenvalue weighted by atomic mass is 79.9. The molecule has 6 heteroatoms. The number of rotatable bonds is 5. The molecule has 19 heavy (non-hydrogen) atoms. The highest BCUT2D eigenvalue weighted by molar-refractivity contribution is 9.11. The fourth-order valence-corrected chi connectivity index (χ4v) is 3.46. The summed E-state index contributed by atoms with van der Waals surface area (Å²) in [6.07, 6.45) is 2.49. The van der Waals surface area contributed by atoms with Crippen molar-refractivity contribution in [2.24, 2.45) is 7.05 Å². The van der Waals surface area contributed by atoms with Crippen LogP contribution in [0.4, 0.5) is 0 Å². The second-order valence-electron chi connectivity index (χ2n) is 5.03. The van der Waals surface area contributed by atoms with Crippen molar-refractivity contribution in [3.05, 3.63) is 32.4 Å². The Morgan fingerprint density at radius 3 is 2.95 bits per heavy atom. The summed E-state index contributed by atoms with van der Waals surface area (Å²) < 4.78 is 3.07. The van der Waals surface area contributed by atoms with Crippen LogP contribution in [-0.4, -0.2) is 14.8 Å². The lowest BCUT2D eigenvalue weighted by molar-refractivity contribution is 0.546. The Morgan fingerprint density at radius 1 is 1.53 bits per heavy atom. The quantitative estimate of drug-likeness (QED) is 0.907. The van der Waals surface area contributed by atoms with Crippen LogP contribution < -0.4 is 5.32 Å². The van der Waals surface area contributed by atoms with Gasteiger partial charge in [0.05, 0.1) is 10.3 Å². The van der Waals surface area contributed by atoms with Gasteiger partial charge in [0.2, 0.25) is 0 Å². The van der Waals surface area contributed by atoms with Crippen LogP contribution in [-0.2, 0) is 13.6 Å². The van der Waals surface area contributed by atoms with E-state index in [-0.39, 0.29) is 0 Å². The van der Waals surface area contributed by atoms with Gasteiger partial charge in [0.25, 0.3) is 0 Å². The monoisotopic (exact) mass is 340 g/mol. The summed E-state index contributed by atoms with van der Waals surface area (Å²) in [5, 5.41) is 8.00. The Hall–Kier alpha value is -0.720. The Labute approximate surface area is 125 Å². The zero-order valence-corrected chi connectivity index (χ0v) is 13.5. The van der Waals surface area contributed by atoms with Crippen LogP contribution in [0.25, 0.3) is 0 Å². The molecule has 0 spiro atoms. The first kappa shape index (κ1) is 13.3. The van der Waals surface area contributed by atoms with Crippen LogP contribution in [0.3, 0.4) is 0 Å². The fraction of sp³-hybridized carbons (Fsp3) is 0.538. The summed E-state index contributed by atoms with van der Waals surface area (Å²) in [5.74, 6) is 2.65. The molecular weight excluding hydrogens is 324 g/mol. The summed E-state index contributed by atoms with van der Waals surface area (Å²) >= 11 is 5.27. The van der Waals surface area contributed by atoms with E-state index < -0.39 is 0 Å². The molecule has 0 unspecified atom stereocenters. The van der Waals surface area contributed by atoms with E-state index in [1.54, 1.807) is 11.3 Å². The normalized spacial score (nSPS) is 16.8. The van der Waals surface area contributed by atoms with Gasteiger partial charge in [-0.3, -0.25) is 4.68 Å². The predicted octanol–water partition coefficient (Wildman–Crippen LogP) is 3.37. The summed E-state index contributed by atoms with van der Waals surface area (Å²) in [6, 6.07) is 4.57. The van der Waals surface area contributed by atoms with Crippen molar-refractivity contribution in [3.63, 3.8) is 0 Å². The second-order valence-corrected chi connectivity index (χ2v) is 7.52. The molecule has 0 aromatic carbocycles. The van der Waals surface area contributed by atoms with Crippen molar-refractivity contribution in [1.82, 2.24) is 20.1 Å². The van der Waals surface area contributed by atoms with Gasteiger partial charge in [-0.05, 0) is 47.8 Å². The predicted molar refractivity (Wildman–Crippen MR) is 80.3 cm³/mol. The average molecular weight is 341 g/mol. The molecule has 2 aromatic heterocycles. The summed E-state index contributed by atoms with van der Waals surface area (Å²) in [4.78, 5) is 5.96. The second kappa shape index (κ2) is 5.34. The Morgan fingerprint density at radius 2 is 2.32 bits per heavy atom. The van der Waals surface area contributed by atoms with Crippen LogP contribution in [0.2, 0.25) is 0 Å². The third-order valence-corrected chi connectivity index (χ3v) is 5.21. The van der Waals surface area contributed by atoms with Gasteiger partial charge < -0.3 is 5.32 Å². The Bertz CT molecular complexity index is 573. The van der Waals surface area contributed by atoms with Gasteiger partial charge in [0, 0.05) is 23.9 Å². The van der Waals surface area contributed by atoms with E-state index in [1.165, 1.54) is 21.5 Å². The van der Waals surface area contributed by atoms with Gasteiger partial charge in [-0.15, -0.1) is 11.3 Å². The summed E-state index contributed by atoms with van der Waals surface area (Å²) in [7, 11) is 1.97. The molecule has 1 aliphatic rings. The maximum atomic E-state index is 4.63. The standard InChI is InChI=1S/C13H17BrN4S/c1-8(10-5-6-11(14)19-10)15-7-12-16-13(9-3-4-9)17-18(12)2/h5-6,8-9,15H,3-4,7H2,1-2H3/t8-/m1/s1. The van der Waals surface area contributed by atoms with Crippen molar-refractivity contribution in [3.8, 4) is 0 Å². The molecule has 0 bridgehead atoms. The van der Waals surface area contributed by atoms with Crippen molar-refractivity contribution in [1.29, 1.82) is 0 Å². The van der Waals surface area contributed by atoms with Crippen LogP contribution in [0, 0.1) is 0 Å². The molecule has 4 nitrogen and oxygen atoms in total. The van der Waals surface area contributed by atoms with E-state index in [0.29, 0.717) is 12.0 Å². The minimum Gasteiger partial charge on any atom is -0.302 e. The fourth-order valence-electron chi connectivity index (χ4n) is 2.01. The molecule has 0 saturated heterocycles. The number of nitrogens with zero attached hydrogens (tertiary/aromatic N) is 3. The van der Waals surface area contributed by atoms with E-state index in [9.17, 15) is 0 Å². The number of hydrogen-bond donors (Lipinski definition) is 1. The van der Waals surface area contributed by atoms with Crippen LogP contribution in [0.1, 0.15) is 48.3 Å². The number of thiophene rings is 1. The highest BCUT2D eigenvalue weighted by Gasteiger charge is 2.28. The summed E-state index contributed by atoms with van der Waals surface area (Å²) in [5.41, 5.74) is 0. The third-order valence-electron chi connectivity index (χ3n) is 3.40. The van der Waals surface area contributed by atoms with Crippen molar-refractivity contribution in [2.45, 2.75) is 38.3 Å². The number of aryl methyl sites for hydroxylation is 1. The molecule has 1 N–H and O–H groups in total. The molecule has 2 aromatic rings. The van der Waals surface area contributed by atoms with Crippen molar-refractivity contribution >= 4 is 27.3 Å². The van der Waals surface area contributed by atoms with Gasteiger partial charge >= 0.3 is 0 Å². The first-order chi connectivity index (χ1) is 9.13. The number of aromatic nitrogens is 3.